The van der Waals surface area contributed by atoms with Gasteiger partial charge in [-0.2, -0.15) is 0 Å². The number of aliphatic carboxylic acids is 1. The highest BCUT2D eigenvalue weighted by Crippen LogP contribution is 2.08. The van der Waals surface area contributed by atoms with E-state index in [0.717, 1.165) is 25.9 Å². The standard InChI is InChI=1S/C12H21N3O3/c1-2-5-15(9-12(17)18)11(16)8-14-6-3-10(13)4-7-14/h2,10H,1,3-9,13H2,(H,17,18). The van der Waals surface area contributed by atoms with Crippen molar-refractivity contribution in [2.24, 2.45) is 5.73 Å². The van der Waals surface area contributed by atoms with Crippen LogP contribution in [0.5, 0.6) is 0 Å². The van der Waals surface area contributed by atoms with E-state index in [0.29, 0.717) is 0 Å². The summed E-state index contributed by atoms with van der Waals surface area (Å²) < 4.78 is 0. The van der Waals surface area contributed by atoms with Gasteiger partial charge in [0.15, 0.2) is 0 Å². The second-order valence-corrected chi connectivity index (χ2v) is 4.57. The molecule has 6 nitrogen and oxygen atoms in total. The van der Waals surface area contributed by atoms with Crippen LogP contribution in [0.25, 0.3) is 0 Å². The summed E-state index contributed by atoms with van der Waals surface area (Å²) in [5, 5.41) is 8.74. The largest absolute Gasteiger partial charge is 0.480 e. The molecular formula is C12H21N3O3. The van der Waals surface area contributed by atoms with Crippen molar-refractivity contribution in [3.63, 3.8) is 0 Å². The van der Waals surface area contributed by atoms with Crippen molar-refractivity contribution in [2.45, 2.75) is 18.9 Å². The third kappa shape index (κ3) is 4.85. The van der Waals surface area contributed by atoms with Crippen LogP contribution in [0.3, 0.4) is 0 Å². The number of rotatable bonds is 6. The fourth-order valence-corrected chi connectivity index (χ4v) is 1.98. The van der Waals surface area contributed by atoms with Gasteiger partial charge in [-0.25, -0.2) is 0 Å². The van der Waals surface area contributed by atoms with Crippen molar-refractivity contribution < 1.29 is 14.7 Å². The van der Waals surface area contributed by atoms with Crippen LogP contribution in [0.2, 0.25) is 0 Å². The molecule has 1 rings (SSSR count). The van der Waals surface area contributed by atoms with E-state index in [-0.39, 0.29) is 31.6 Å². The zero-order valence-corrected chi connectivity index (χ0v) is 10.5. The summed E-state index contributed by atoms with van der Waals surface area (Å²) in [4.78, 5) is 25.9. The third-order valence-corrected chi connectivity index (χ3v) is 3.02. The molecule has 1 saturated heterocycles. The maximum atomic E-state index is 12.0. The van der Waals surface area contributed by atoms with Gasteiger partial charge in [0, 0.05) is 25.7 Å². The molecule has 0 aliphatic carbocycles. The smallest absolute Gasteiger partial charge is 0.323 e. The summed E-state index contributed by atoms with van der Waals surface area (Å²) >= 11 is 0. The number of nitrogens with zero attached hydrogens (tertiary/aromatic N) is 2. The zero-order valence-electron chi connectivity index (χ0n) is 10.5. The van der Waals surface area contributed by atoms with Crippen LogP contribution in [-0.4, -0.2) is 65.5 Å². The van der Waals surface area contributed by atoms with Crippen LogP contribution in [0, 0.1) is 0 Å². The SMILES string of the molecule is C=CCN(CC(=O)O)C(=O)CN1CCC(N)CC1. The van der Waals surface area contributed by atoms with Crippen LogP contribution in [0.1, 0.15) is 12.8 Å². The highest BCUT2D eigenvalue weighted by molar-refractivity contribution is 5.82. The molecule has 1 aliphatic rings. The Morgan fingerprint density at radius 2 is 2.06 bits per heavy atom. The Labute approximate surface area is 107 Å². The van der Waals surface area contributed by atoms with Crippen molar-refractivity contribution >= 4 is 11.9 Å². The maximum absolute atomic E-state index is 12.0. The van der Waals surface area contributed by atoms with Crippen molar-refractivity contribution in [1.29, 1.82) is 0 Å². The molecule has 0 radical (unpaired) electrons. The van der Waals surface area contributed by atoms with Gasteiger partial charge in [0.1, 0.15) is 6.54 Å². The molecule has 0 spiro atoms. The summed E-state index contributed by atoms with van der Waals surface area (Å²) in [7, 11) is 0. The average molecular weight is 255 g/mol. The third-order valence-electron chi connectivity index (χ3n) is 3.02. The molecule has 0 aromatic heterocycles. The lowest BCUT2D eigenvalue weighted by Gasteiger charge is -2.31. The van der Waals surface area contributed by atoms with Crippen molar-refractivity contribution in [3.05, 3.63) is 12.7 Å². The van der Waals surface area contributed by atoms with E-state index in [2.05, 4.69) is 6.58 Å². The number of hydrogen-bond acceptors (Lipinski definition) is 4. The van der Waals surface area contributed by atoms with Crippen LogP contribution in [0.4, 0.5) is 0 Å². The number of carbonyl (C=O) groups is 2. The zero-order chi connectivity index (χ0) is 13.5. The molecule has 1 fully saturated rings. The van der Waals surface area contributed by atoms with Gasteiger partial charge in [0.2, 0.25) is 5.91 Å². The predicted octanol–water partition coefficient (Wildman–Crippen LogP) is -0.491. The molecule has 18 heavy (non-hydrogen) atoms. The minimum Gasteiger partial charge on any atom is -0.480 e. The van der Waals surface area contributed by atoms with Crippen molar-refractivity contribution in [2.75, 3.05) is 32.7 Å². The monoisotopic (exact) mass is 255 g/mol. The second kappa shape index (κ2) is 7.13. The summed E-state index contributed by atoms with van der Waals surface area (Å²) in [6.07, 6.45) is 3.30. The Bertz CT molecular complexity index is 312. The minimum absolute atomic E-state index is 0.173. The number of likely N-dealkylation sites (tertiary alicyclic amines) is 1. The molecule has 3 N–H and O–H groups in total. The summed E-state index contributed by atoms with van der Waals surface area (Å²) in [6, 6.07) is 0.222. The number of carboxylic acids is 1. The van der Waals surface area contributed by atoms with E-state index < -0.39 is 5.97 Å². The fraction of sp³-hybridized carbons (Fsp3) is 0.667. The molecule has 0 atom stereocenters. The van der Waals surface area contributed by atoms with Gasteiger partial charge in [-0.3, -0.25) is 14.5 Å². The average Bonchev–Trinajstić information content (AvgIpc) is 2.31. The van der Waals surface area contributed by atoms with Crippen molar-refractivity contribution in [1.82, 2.24) is 9.80 Å². The lowest BCUT2D eigenvalue weighted by Crippen LogP contribution is -2.46. The molecule has 6 heteroatoms. The molecule has 1 aliphatic heterocycles. The van der Waals surface area contributed by atoms with Gasteiger partial charge < -0.3 is 15.7 Å². The lowest BCUT2D eigenvalue weighted by molar-refractivity contribution is -0.144. The summed E-state index contributed by atoms with van der Waals surface area (Å²) in [5.74, 6) is -1.18. The van der Waals surface area contributed by atoms with Crippen LogP contribution in [-0.2, 0) is 9.59 Å². The highest BCUT2D eigenvalue weighted by Gasteiger charge is 2.21. The topological polar surface area (TPSA) is 86.9 Å². The normalized spacial score (nSPS) is 17.4. The molecule has 0 aromatic rings. The summed E-state index contributed by atoms with van der Waals surface area (Å²) in [6.45, 7) is 5.36. The Morgan fingerprint density at radius 3 is 2.56 bits per heavy atom. The van der Waals surface area contributed by atoms with E-state index in [1.807, 2.05) is 4.90 Å². The lowest BCUT2D eigenvalue weighted by atomic mass is 10.1. The Hall–Kier alpha value is -1.40. The molecular weight excluding hydrogens is 234 g/mol. The van der Waals surface area contributed by atoms with Crippen LogP contribution >= 0.6 is 0 Å². The van der Waals surface area contributed by atoms with E-state index in [4.69, 9.17) is 10.8 Å². The predicted molar refractivity (Wildman–Crippen MR) is 68.1 cm³/mol. The van der Waals surface area contributed by atoms with Crippen LogP contribution in [0.15, 0.2) is 12.7 Å². The van der Waals surface area contributed by atoms with E-state index in [1.165, 1.54) is 11.0 Å². The number of carbonyl (C=O) groups excluding carboxylic acids is 1. The van der Waals surface area contributed by atoms with E-state index in [9.17, 15) is 9.59 Å². The number of nitrogens with two attached hydrogens (primary N) is 1. The number of hydrogen-bond donors (Lipinski definition) is 2. The first kappa shape index (κ1) is 14.7. The first-order valence-electron chi connectivity index (χ1n) is 6.11. The van der Waals surface area contributed by atoms with Gasteiger partial charge in [0.25, 0.3) is 0 Å². The number of carboxylic acid groups (broad SMARTS) is 1. The van der Waals surface area contributed by atoms with Crippen molar-refractivity contribution in [3.8, 4) is 0 Å². The van der Waals surface area contributed by atoms with E-state index >= 15 is 0 Å². The van der Waals surface area contributed by atoms with Crippen LogP contribution < -0.4 is 5.73 Å². The Morgan fingerprint density at radius 1 is 1.44 bits per heavy atom. The highest BCUT2D eigenvalue weighted by atomic mass is 16.4. The molecule has 1 heterocycles. The van der Waals surface area contributed by atoms with E-state index in [1.54, 1.807) is 0 Å². The number of piperidine rings is 1. The van der Waals surface area contributed by atoms with Gasteiger partial charge in [0.05, 0.1) is 6.54 Å². The second-order valence-electron chi connectivity index (χ2n) is 4.57. The maximum Gasteiger partial charge on any atom is 0.323 e. The molecule has 0 bridgehead atoms. The molecule has 102 valence electrons. The minimum atomic E-state index is -1.01. The number of amides is 1. The fourth-order valence-electron chi connectivity index (χ4n) is 1.98. The van der Waals surface area contributed by atoms with Gasteiger partial charge in [-0.15, -0.1) is 6.58 Å². The van der Waals surface area contributed by atoms with Gasteiger partial charge in [-0.05, 0) is 12.8 Å². The Kier molecular flexibility index (Phi) is 5.80. The first-order valence-corrected chi connectivity index (χ1v) is 6.11. The molecule has 1 amide bonds. The first-order chi connectivity index (χ1) is 8.52. The molecule has 0 aromatic carbocycles. The molecule has 0 saturated carbocycles. The van der Waals surface area contributed by atoms with Gasteiger partial charge >= 0.3 is 5.97 Å². The van der Waals surface area contributed by atoms with Gasteiger partial charge in [-0.1, -0.05) is 6.08 Å². The quantitative estimate of drug-likeness (QED) is 0.625. The molecule has 0 unspecified atom stereocenters. The summed E-state index contributed by atoms with van der Waals surface area (Å²) in [5.41, 5.74) is 5.79. The Balaban J connectivity index is 2.45.